The van der Waals surface area contributed by atoms with E-state index in [2.05, 4.69) is 22.2 Å². The fraction of sp³-hybridized carbons (Fsp3) is 0.462. The Morgan fingerprint density at radius 2 is 1.62 bits per heavy atom. The van der Waals surface area contributed by atoms with E-state index in [-0.39, 0.29) is 23.6 Å². The molecule has 0 atom stereocenters. The molecule has 0 heterocycles. The van der Waals surface area contributed by atoms with Crippen LogP contribution in [0.4, 0.5) is 5.69 Å². The zero-order chi connectivity index (χ0) is 22.2. The molecule has 2 N–H and O–H groups in total. The number of amides is 1. The molecule has 2 aromatic rings. The maximum atomic E-state index is 12.3. The van der Waals surface area contributed by atoms with Gasteiger partial charge in [-0.2, -0.15) is 0 Å². The molecule has 6 nitrogen and oxygen atoms in total. The van der Waals surface area contributed by atoms with Crippen molar-refractivity contribution in [2.45, 2.75) is 38.0 Å². The predicted molar refractivity (Wildman–Crippen MR) is 120 cm³/mol. The van der Waals surface area contributed by atoms with Gasteiger partial charge in [0.25, 0.3) is 5.91 Å². The van der Waals surface area contributed by atoms with Crippen LogP contribution in [0, 0.1) is 23.7 Å². The summed E-state index contributed by atoms with van der Waals surface area (Å²) in [6.45, 7) is -0.195. The highest BCUT2D eigenvalue weighted by Crippen LogP contribution is 2.59. The maximum Gasteiger partial charge on any atom is 0.337 e. The first kappa shape index (κ1) is 20.9. The molecule has 0 aromatic heterocycles. The lowest BCUT2D eigenvalue weighted by atomic mass is 9.51. The number of ether oxygens (including phenoxy) is 2. The Hall–Kier alpha value is -3.02. The fourth-order valence-electron chi connectivity index (χ4n) is 6.47. The second-order valence-corrected chi connectivity index (χ2v) is 9.59. The van der Waals surface area contributed by atoms with E-state index in [1.54, 1.807) is 0 Å². The van der Waals surface area contributed by atoms with E-state index >= 15 is 0 Å². The summed E-state index contributed by atoms with van der Waals surface area (Å²) in [5.74, 6) is 3.79. The first-order chi connectivity index (χ1) is 15.5. The molecule has 4 aliphatic rings. The molecule has 168 valence electrons. The Bertz CT molecular complexity index is 987. The Balaban J connectivity index is 1.18. The third-order valence-corrected chi connectivity index (χ3v) is 7.55. The Labute approximate surface area is 187 Å². The minimum absolute atomic E-state index is 0.133. The summed E-state index contributed by atoms with van der Waals surface area (Å²) >= 11 is 0. The number of phenols is 1. The Morgan fingerprint density at radius 3 is 2.25 bits per heavy atom. The SMILES string of the molecule is COC(=O)c1ccc(O)c(NC(=O)COc2ccc(C3C4CC5CC(C4)CC3C5)cc2)c1. The van der Waals surface area contributed by atoms with Gasteiger partial charge in [-0.15, -0.1) is 0 Å². The fourth-order valence-corrected chi connectivity index (χ4v) is 6.47. The number of carbonyl (C=O) groups is 2. The number of aromatic hydroxyl groups is 1. The van der Waals surface area contributed by atoms with E-state index in [4.69, 9.17) is 4.74 Å². The van der Waals surface area contributed by atoms with Crippen LogP contribution in [0.1, 0.15) is 53.9 Å². The summed E-state index contributed by atoms with van der Waals surface area (Å²) in [5.41, 5.74) is 1.78. The highest BCUT2D eigenvalue weighted by atomic mass is 16.5. The van der Waals surface area contributed by atoms with Crippen molar-refractivity contribution in [2.75, 3.05) is 19.0 Å². The number of anilines is 1. The largest absolute Gasteiger partial charge is 0.506 e. The quantitative estimate of drug-likeness (QED) is 0.506. The summed E-state index contributed by atoms with van der Waals surface area (Å²) in [6.07, 6.45) is 7.01. The molecule has 4 bridgehead atoms. The molecule has 0 spiro atoms. The number of methoxy groups -OCH3 is 1. The Morgan fingerprint density at radius 1 is 0.969 bits per heavy atom. The van der Waals surface area contributed by atoms with Crippen LogP contribution in [-0.4, -0.2) is 30.7 Å². The molecule has 32 heavy (non-hydrogen) atoms. The average Bonchev–Trinajstić information content (AvgIpc) is 2.79. The van der Waals surface area contributed by atoms with Crippen LogP contribution >= 0.6 is 0 Å². The number of benzene rings is 2. The average molecular weight is 436 g/mol. The number of nitrogens with one attached hydrogen (secondary N) is 1. The van der Waals surface area contributed by atoms with Crippen molar-refractivity contribution in [2.24, 2.45) is 23.7 Å². The number of rotatable bonds is 6. The highest BCUT2D eigenvalue weighted by molar-refractivity contribution is 5.96. The van der Waals surface area contributed by atoms with Crippen molar-refractivity contribution >= 4 is 17.6 Å². The minimum atomic E-state index is -0.545. The molecule has 0 unspecified atom stereocenters. The number of hydrogen-bond acceptors (Lipinski definition) is 5. The van der Waals surface area contributed by atoms with Crippen molar-refractivity contribution in [3.63, 3.8) is 0 Å². The number of phenolic OH excluding ortho intramolecular Hbond substituents is 1. The molecular formula is C26H29NO5. The van der Waals surface area contributed by atoms with Gasteiger partial charge >= 0.3 is 5.97 Å². The van der Waals surface area contributed by atoms with E-state index in [1.807, 2.05) is 12.1 Å². The van der Waals surface area contributed by atoms with Gasteiger partial charge < -0.3 is 19.9 Å². The third-order valence-electron chi connectivity index (χ3n) is 7.55. The van der Waals surface area contributed by atoms with Gasteiger partial charge in [0.15, 0.2) is 6.61 Å². The zero-order valence-electron chi connectivity index (χ0n) is 18.3. The van der Waals surface area contributed by atoms with Crippen molar-refractivity contribution < 1.29 is 24.2 Å². The third kappa shape index (κ3) is 4.06. The van der Waals surface area contributed by atoms with Crippen LogP contribution in [0.25, 0.3) is 0 Å². The standard InChI is InChI=1S/C26H29NO5/c1-31-26(30)18-4-7-23(28)22(13-18)27-24(29)14-32-21-5-2-17(3-6-21)25-19-9-15-8-16(11-19)12-20(25)10-15/h2-7,13,15-16,19-20,25,28H,8-12,14H2,1H3,(H,27,29). The number of esters is 1. The van der Waals surface area contributed by atoms with Gasteiger partial charge in [0.05, 0.1) is 18.4 Å². The number of carbonyl (C=O) groups excluding carboxylic acids is 2. The maximum absolute atomic E-state index is 12.3. The lowest BCUT2D eigenvalue weighted by Gasteiger charge is -2.54. The van der Waals surface area contributed by atoms with Crippen molar-refractivity contribution in [3.8, 4) is 11.5 Å². The van der Waals surface area contributed by atoms with Crippen LogP contribution in [0.3, 0.4) is 0 Å². The van der Waals surface area contributed by atoms with Crippen LogP contribution in [-0.2, 0) is 9.53 Å². The van der Waals surface area contributed by atoms with Gasteiger partial charge in [-0.25, -0.2) is 4.79 Å². The van der Waals surface area contributed by atoms with Gasteiger partial charge in [-0.1, -0.05) is 12.1 Å². The molecule has 0 saturated heterocycles. The van der Waals surface area contributed by atoms with Crippen LogP contribution < -0.4 is 10.1 Å². The molecule has 6 rings (SSSR count). The summed E-state index contributed by atoms with van der Waals surface area (Å²) in [6, 6.07) is 12.4. The van der Waals surface area contributed by atoms with Crippen molar-refractivity contribution in [3.05, 3.63) is 53.6 Å². The second kappa shape index (κ2) is 8.49. The van der Waals surface area contributed by atoms with Gasteiger partial charge in [-0.05, 0) is 97.6 Å². The molecular weight excluding hydrogens is 406 g/mol. The smallest absolute Gasteiger partial charge is 0.337 e. The molecule has 4 aliphatic carbocycles. The summed E-state index contributed by atoms with van der Waals surface area (Å²) < 4.78 is 10.3. The Kier molecular flexibility index (Phi) is 5.53. The lowest BCUT2D eigenvalue weighted by Crippen LogP contribution is -2.43. The first-order valence-electron chi connectivity index (χ1n) is 11.4. The predicted octanol–water partition coefficient (Wildman–Crippen LogP) is 4.74. The normalized spacial score (nSPS) is 27.7. The van der Waals surface area contributed by atoms with E-state index in [0.717, 1.165) is 23.7 Å². The van der Waals surface area contributed by atoms with E-state index in [0.29, 0.717) is 11.7 Å². The summed E-state index contributed by atoms with van der Waals surface area (Å²) in [7, 11) is 1.27. The molecule has 0 radical (unpaired) electrons. The van der Waals surface area contributed by atoms with Gasteiger partial charge in [0, 0.05) is 0 Å². The summed E-state index contributed by atoms with van der Waals surface area (Å²) in [4.78, 5) is 24.0. The topological polar surface area (TPSA) is 84.9 Å². The van der Waals surface area contributed by atoms with Gasteiger partial charge in [0.1, 0.15) is 11.5 Å². The lowest BCUT2D eigenvalue weighted by molar-refractivity contribution is -0.118. The first-order valence-corrected chi connectivity index (χ1v) is 11.4. The molecule has 2 aromatic carbocycles. The van der Waals surface area contributed by atoms with E-state index in [1.165, 1.54) is 63.0 Å². The van der Waals surface area contributed by atoms with Crippen molar-refractivity contribution in [1.82, 2.24) is 0 Å². The molecule has 0 aliphatic heterocycles. The molecule has 1 amide bonds. The second-order valence-electron chi connectivity index (χ2n) is 9.59. The van der Waals surface area contributed by atoms with Gasteiger partial charge in [0.2, 0.25) is 0 Å². The minimum Gasteiger partial charge on any atom is -0.506 e. The van der Waals surface area contributed by atoms with Crippen molar-refractivity contribution in [1.29, 1.82) is 0 Å². The highest BCUT2D eigenvalue weighted by Gasteiger charge is 2.48. The number of hydrogen-bond donors (Lipinski definition) is 2. The summed E-state index contributed by atoms with van der Waals surface area (Å²) in [5, 5.41) is 12.5. The molecule has 4 fully saturated rings. The van der Waals surface area contributed by atoms with Crippen LogP contribution in [0.2, 0.25) is 0 Å². The van der Waals surface area contributed by atoms with Gasteiger partial charge in [-0.3, -0.25) is 4.79 Å². The van der Waals surface area contributed by atoms with Crippen LogP contribution in [0.5, 0.6) is 11.5 Å². The molecule has 4 saturated carbocycles. The van der Waals surface area contributed by atoms with E-state index < -0.39 is 11.9 Å². The zero-order valence-corrected chi connectivity index (χ0v) is 18.3. The van der Waals surface area contributed by atoms with Crippen LogP contribution in [0.15, 0.2) is 42.5 Å². The van der Waals surface area contributed by atoms with E-state index in [9.17, 15) is 14.7 Å². The molecule has 6 heteroatoms. The monoisotopic (exact) mass is 435 g/mol.